The number of aryl methyl sites for hydroxylation is 2. The van der Waals surface area contributed by atoms with Gasteiger partial charge < -0.3 is 4.57 Å². The molecule has 0 aliphatic heterocycles. The molecular formula is C39H32N8. The second kappa shape index (κ2) is 11.7. The van der Waals surface area contributed by atoms with Crippen LogP contribution in [0.3, 0.4) is 0 Å². The Morgan fingerprint density at radius 2 is 1.15 bits per heavy atom. The van der Waals surface area contributed by atoms with E-state index in [0.717, 1.165) is 50.5 Å². The fourth-order valence-corrected chi connectivity index (χ4v) is 6.67. The molecule has 0 saturated carbocycles. The molecule has 0 aliphatic carbocycles. The van der Waals surface area contributed by atoms with Gasteiger partial charge in [-0.05, 0) is 57.7 Å². The number of hydrogen-bond acceptors (Lipinski definition) is 5. The lowest BCUT2D eigenvalue weighted by molar-refractivity contribution is 0.451. The highest BCUT2D eigenvalue weighted by Gasteiger charge is 2.42. The lowest BCUT2D eigenvalue weighted by Gasteiger charge is -2.36. The minimum atomic E-state index is -0.834. The Hall–Kier alpha value is -6.15. The first-order valence-electron chi connectivity index (χ1n) is 15.7. The van der Waals surface area contributed by atoms with Gasteiger partial charge in [-0.25, -0.2) is 4.68 Å². The van der Waals surface area contributed by atoms with Crippen molar-refractivity contribution in [2.24, 2.45) is 0 Å². The van der Waals surface area contributed by atoms with Crippen molar-refractivity contribution in [1.29, 1.82) is 0 Å². The maximum Gasteiger partial charge on any atom is 0.184 e. The third-order valence-corrected chi connectivity index (χ3v) is 8.84. The average Bonchev–Trinajstić information content (AvgIpc) is 3.82. The molecular weight excluding hydrogens is 580 g/mol. The monoisotopic (exact) mass is 612 g/mol. The SMILES string of the molecule is Cc1cc2n(Cc3ccc(-c4ccccc4-c4nnnn4C(c4ccccc4)(c4ccccc4)c4ccccc4)cc3)c(C)nn2n1. The molecule has 3 aromatic heterocycles. The molecule has 0 bridgehead atoms. The molecule has 0 amide bonds. The summed E-state index contributed by atoms with van der Waals surface area (Å²) in [6, 6.07) is 50.5. The molecule has 0 aliphatic rings. The van der Waals surface area contributed by atoms with E-state index in [1.165, 1.54) is 5.56 Å². The predicted molar refractivity (Wildman–Crippen MR) is 183 cm³/mol. The van der Waals surface area contributed by atoms with Gasteiger partial charge in [0.05, 0.1) is 12.2 Å². The van der Waals surface area contributed by atoms with Crippen LogP contribution in [0.15, 0.2) is 146 Å². The molecule has 8 aromatic rings. The molecule has 3 heterocycles. The number of benzene rings is 5. The molecule has 0 radical (unpaired) electrons. The summed E-state index contributed by atoms with van der Waals surface area (Å²) in [5.41, 5.74) is 8.53. The van der Waals surface area contributed by atoms with Crippen molar-refractivity contribution in [3.8, 4) is 22.5 Å². The van der Waals surface area contributed by atoms with Crippen LogP contribution >= 0.6 is 0 Å². The van der Waals surface area contributed by atoms with Gasteiger partial charge in [-0.2, -0.15) is 5.10 Å². The van der Waals surface area contributed by atoms with Gasteiger partial charge in [0.15, 0.2) is 11.5 Å². The van der Waals surface area contributed by atoms with Gasteiger partial charge in [0.2, 0.25) is 0 Å². The summed E-state index contributed by atoms with van der Waals surface area (Å²) in [7, 11) is 0. The van der Waals surface area contributed by atoms with Crippen molar-refractivity contribution in [3.63, 3.8) is 0 Å². The Bertz CT molecular complexity index is 2190. The van der Waals surface area contributed by atoms with Crippen molar-refractivity contribution >= 4 is 5.65 Å². The first-order chi connectivity index (χ1) is 23.1. The van der Waals surface area contributed by atoms with E-state index in [1.807, 2.05) is 42.8 Å². The summed E-state index contributed by atoms with van der Waals surface area (Å²) in [5, 5.41) is 22.8. The van der Waals surface area contributed by atoms with Gasteiger partial charge in [-0.3, -0.25) is 0 Å². The molecule has 0 fully saturated rings. The second-order valence-electron chi connectivity index (χ2n) is 11.7. The number of hydrogen-bond donors (Lipinski definition) is 0. The highest BCUT2D eigenvalue weighted by atomic mass is 15.6. The molecule has 8 heteroatoms. The van der Waals surface area contributed by atoms with Gasteiger partial charge in [0, 0.05) is 11.6 Å². The summed E-state index contributed by atoms with van der Waals surface area (Å²) in [6.45, 7) is 4.70. The van der Waals surface area contributed by atoms with E-state index in [0.29, 0.717) is 12.4 Å². The zero-order chi connectivity index (χ0) is 31.8. The molecule has 0 N–H and O–H groups in total. The van der Waals surface area contributed by atoms with Crippen LogP contribution in [0, 0.1) is 13.8 Å². The summed E-state index contributed by atoms with van der Waals surface area (Å²) in [6.07, 6.45) is 0. The Kier molecular flexibility index (Phi) is 7.02. The van der Waals surface area contributed by atoms with Crippen molar-refractivity contribution in [3.05, 3.63) is 179 Å². The van der Waals surface area contributed by atoms with E-state index < -0.39 is 5.54 Å². The first kappa shape index (κ1) is 28.3. The largest absolute Gasteiger partial charge is 0.307 e. The van der Waals surface area contributed by atoms with E-state index in [2.05, 4.69) is 141 Å². The Morgan fingerprint density at radius 1 is 0.596 bits per heavy atom. The van der Waals surface area contributed by atoms with Crippen LogP contribution in [0.25, 0.3) is 28.2 Å². The maximum absolute atomic E-state index is 4.76. The Balaban J connectivity index is 1.26. The van der Waals surface area contributed by atoms with Gasteiger partial charge in [0.1, 0.15) is 11.4 Å². The number of nitrogens with zero attached hydrogens (tertiary/aromatic N) is 8. The van der Waals surface area contributed by atoms with Crippen molar-refractivity contribution in [2.45, 2.75) is 25.9 Å². The predicted octanol–water partition coefficient (Wildman–Crippen LogP) is 7.36. The van der Waals surface area contributed by atoms with E-state index >= 15 is 0 Å². The molecule has 8 nitrogen and oxygen atoms in total. The first-order valence-corrected chi connectivity index (χ1v) is 15.7. The zero-order valence-corrected chi connectivity index (χ0v) is 26.1. The molecule has 0 spiro atoms. The summed E-state index contributed by atoms with van der Waals surface area (Å²) >= 11 is 0. The molecule has 8 rings (SSSR count). The second-order valence-corrected chi connectivity index (χ2v) is 11.7. The third-order valence-electron chi connectivity index (χ3n) is 8.84. The van der Waals surface area contributed by atoms with Crippen LogP contribution in [0.2, 0.25) is 0 Å². The van der Waals surface area contributed by atoms with Crippen LogP contribution < -0.4 is 0 Å². The summed E-state index contributed by atoms with van der Waals surface area (Å²) in [5.74, 6) is 1.60. The number of fused-ring (bicyclic) bond motifs is 1. The van der Waals surface area contributed by atoms with Gasteiger partial charge in [0.25, 0.3) is 0 Å². The van der Waals surface area contributed by atoms with Crippen LogP contribution in [-0.2, 0) is 12.1 Å². The lowest BCUT2D eigenvalue weighted by atomic mass is 9.77. The van der Waals surface area contributed by atoms with Crippen LogP contribution in [0.1, 0.15) is 33.8 Å². The highest BCUT2D eigenvalue weighted by molar-refractivity contribution is 5.81. The fraction of sp³-hybridized carbons (Fsp3) is 0.103. The standard InChI is InChI=1S/C39H32N8/c1-28-26-37-45(29(2)42-47(37)41-28)27-30-22-24-31(25-23-30)35-20-12-13-21-36(35)38-40-43-44-46(38)39(32-14-6-3-7-15-32,33-16-8-4-9-17-33)34-18-10-5-11-19-34/h3-26H,27H2,1-2H3. The Morgan fingerprint density at radius 3 is 1.74 bits per heavy atom. The lowest BCUT2D eigenvalue weighted by Crippen LogP contribution is -2.39. The minimum absolute atomic E-state index is 0.675. The van der Waals surface area contributed by atoms with Crippen molar-refractivity contribution in [2.75, 3.05) is 0 Å². The smallest absolute Gasteiger partial charge is 0.184 e. The summed E-state index contributed by atoms with van der Waals surface area (Å²) in [4.78, 5) is 0. The van der Waals surface area contributed by atoms with Crippen molar-refractivity contribution in [1.82, 2.24) is 39.6 Å². The van der Waals surface area contributed by atoms with Gasteiger partial charge in [-0.15, -0.1) is 14.8 Å². The van der Waals surface area contributed by atoms with Crippen LogP contribution in [-0.4, -0.2) is 39.6 Å². The molecule has 0 unspecified atom stereocenters. The molecule has 5 aromatic carbocycles. The maximum atomic E-state index is 4.76. The highest BCUT2D eigenvalue weighted by Crippen LogP contribution is 2.43. The normalized spacial score (nSPS) is 11.7. The molecule has 47 heavy (non-hydrogen) atoms. The summed E-state index contributed by atoms with van der Waals surface area (Å²) < 4.78 is 5.88. The van der Waals surface area contributed by atoms with E-state index in [9.17, 15) is 0 Å². The number of rotatable bonds is 8. The quantitative estimate of drug-likeness (QED) is 0.168. The Labute approximate surface area is 272 Å². The van der Waals surface area contributed by atoms with E-state index in [1.54, 1.807) is 4.63 Å². The van der Waals surface area contributed by atoms with Crippen LogP contribution in [0.5, 0.6) is 0 Å². The molecule has 0 saturated heterocycles. The van der Waals surface area contributed by atoms with Crippen molar-refractivity contribution < 1.29 is 0 Å². The zero-order valence-electron chi connectivity index (χ0n) is 26.1. The number of aromatic nitrogens is 8. The molecule has 0 atom stereocenters. The molecule has 228 valence electrons. The fourth-order valence-electron chi connectivity index (χ4n) is 6.67. The van der Waals surface area contributed by atoms with Gasteiger partial charge >= 0.3 is 0 Å². The van der Waals surface area contributed by atoms with E-state index in [-0.39, 0.29) is 0 Å². The topological polar surface area (TPSA) is 78.7 Å². The average molecular weight is 613 g/mol. The minimum Gasteiger partial charge on any atom is -0.307 e. The number of tetrazole rings is 1. The van der Waals surface area contributed by atoms with E-state index in [4.69, 9.17) is 10.3 Å². The third kappa shape index (κ3) is 4.82. The van der Waals surface area contributed by atoms with Gasteiger partial charge in [-0.1, -0.05) is 140 Å². The van der Waals surface area contributed by atoms with Crippen LogP contribution in [0.4, 0.5) is 0 Å².